The number of halogens is 4. The van der Waals surface area contributed by atoms with Crippen LogP contribution in [0.2, 0.25) is 0 Å². The zero-order chi connectivity index (χ0) is 32.7. The van der Waals surface area contributed by atoms with E-state index in [1.165, 1.54) is 29.2 Å². The van der Waals surface area contributed by atoms with Gasteiger partial charge in [0.1, 0.15) is 13.2 Å². The Labute approximate surface area is 259 Å². The molecule has 7 nitrogen and oxygen atoms in total. The van der Waals surface area contributed by atoms with Crippen LogP contribution in [0.5, 0.6) is 11.5 Å². The average molecular weight is 626 g/mol. The lowest BCUT2D eigenvalue weighted by molar-refractivity contribution is -0.113. The van der Waals surface area contributed by atoms with Crippen molar-refractivity contribution >= 4 is 23.8 Å². The minimum atomic E-state index is -1.09. The van der Waals surface area contributed by atoms with E-state index in [4.69, 9.17) is 9.47 Å². The van der Waals surface area contributed by atoms with E-state index in [-0.39, 0.29) is 40.9 Å². The van der Waals surface area contributed by atoms with Crippen molar-refractivity contribution in [3.63, 3.8) is 0 Å². The molecule has 1 saturated heterocycles. The summed E-state index contributed by atoms with van der Waals surface area (Å²) in [4.78, 5) is 32.7. The van der Waals surface area contributed by atoms with Crippen molar-refractivity contribution in [3.8, 4) is 11.5 Å². The number of likely N-dealkylation sites (N-methyl/N-ethyl adjacent to an activating group) is 2. The van der Waals surface area contributed by atoms with Gasteiger partial charge < -0.3 is 24.2 Å². The number of ether oxygens (including phenoxy) is 2. The van der Waals surface area contributed by atoms with Crippen molar-refractivity contribution in [3.05, 3.63) is 106 Å². The zero-order valence-corrected chi connectivity index (χ0v) is 25.6. The molecule has 0 spiro atoms. The van der Waals surface area contributed by atoms with E-state index >= 15 is 0 Å². The maximum absolute atomic E-state index is 14.0. The van der Waals surface area contributed by atoms with Crippen LogP contribution in [0, 0.1) is 23.3 Å². The van der Waals surface area contributed by atoms with Crippen LogP contribution < -0.4 is 9.47 Å². The van der Waals surface area contributed by atoms with E-state index in [1.54, 1.807) is 18.2 Å². The molecule has 0 aliphatic carbocycles. The molecule has 0 bridgehead atoms. The molecule has 1 fully saturated rings. The number of hydrogen-bond donors (Lipinski definition) is 0. The number of amides is 1. The first-order chi connectivity index (χ1) is 21.4. The van der Waals surface area contributed by atoms with Gasteiger partial charge in [-0.15, -0.1) is 0 Å². The van der Waals surface area contributed by atoms with Gasteiger partial charge in [0.05, 0.1) is 13.1 Å². The van der Waals surface area contributed by atoms with Gasteiger partial charge in [0.15, 0.2) is 40.6 Å². The quantitative estimate of drug-likeness (QED) is 0.213. The van der Waals surface area contributed by atoms with Crippen molar-refractivity contribution in [1.29, 1.82) is 0 Å². The maximum Gasteiger partial charge on any atom is 0.254 e. The summed E-state index contributed by atoms with van der Waals surface area (Å²) < 4.78 is 66.9. The highest BCUT2D eigenvalue weighted by Crippen LogP contribution is 2.31. The Morgan fingerprint density at radius 2 is 1.20 bits per heavy atom. The van der Waals surface area contributed by atoms with Crippen molar-refractivity contribution in [2.45, 2.75) is 0 Å². The smallest absolute Gasteiger partial charge is 0.254 e. The van der Waals surface area contributed by atoms with Crippen molar-refractivity contribution < 1.29 is 36.6 Å². The fourth-order valence-electron chi connectivity index (χ4n) is 4.52. The fourth-order valence-corrected chi connectivity index (χ4v) is 4.52. The number of benzene rings is 3. The van der Waals surface area contributed by atoms with E-state index in [2.05, 4.69) is 0 Å². The monoisotopic (exact) mass is 625 g/mol. The molecule has 1 aliphatic rings. The number of likely N-dealkylation sites (tertiary alicyclic amines) is 1. The van der Waals surface area contributed by atoms with E-state index in [0.717, 1.165) is 24.3 Å². The summed E-state index contributed by atoms with van der Waals surface area (Å²) >= 11 is 0. The molecule has 0 aromatic heterocycles. The summed E-state index contributed by atoms with van der Waals surface area (Å²) in [7, 11) is 7.67. The van der Waals surface area contributed by atoms with Gasteiger partial charge in [-0.1, -0.05) is 12.1 Å². The van der Waals surface area contributed by atoms with Gasteiger partial charge in [-0.05, 0) is 93.9 Å². The molecule has 3 aromatic carbocycles. The Bertz CT molecular complexity index is 1550. The molecule has 238 valence electrons. The number of nitrogens with zero attached hydrogens (tertiary/aromatic N) is 3. The zero-order valence-electron chi connectivity index (χ0n) is 25.6. The second-order valence-electron chi connectivity index (χ2n) is 11.1. The molecule has 0 unspecified atom stereocenters. The topological polar surface area (TPSA) is 62.3 Å². The van der Waals surface area contributed by atoms with Gasteiger partial charge in [0.25, 0.3) is 5.91 Å². The lowest BCUT2D eigenvalue weighted by atomic mass is 9.93. The number of hydrogen-bond acceptors (Lipinski definition) is 6. The molecule has 0 radical (unpaired) electrons. The minimum absolute atomic E-state index is 0.125. The summed E-state index contributed by atoms with van der Waals surface area (Å²) in [6.07, 6.45) is 2.75. The summed E-state index contributed by atoms with van der Waals surface area (Å²) in [5.74, 6) is -4.32. The van der Waals surface area contributed by atoms with Crippen molar-refractivity contribution in [2.75, 3.05) is 67.6 Å². The Balaban J connectivity index is 1.69. The third-order valence-electron chi connectivity index (χ3n) is 6.94. The molecule has 1 amide bonds. The number of carbonyl (C=O) groups excluding carboxylic acids is 2. The summed E-state index contributed by atoms with van der Waals surface area (Å²) in [5, 5.41) is 0. The molecule has 0 N–H and O–H groups in total. The van der Waals surface area contributed by atoms with Gasteiger partial charge in [-0.25, -0.2) is 17.6 Å². The molecule has 4 rings (SSSR count). The first kappa shape index (κ1) is 33.4. The van der Waals surface area contributed by atoms with Crippen LogP contribution in [0.15, 0.2) is 65.7 Å². The SMILES string of the molecule is CN(C)CCOc1ccc(C(=O)N2C/C(=C\c3ccc(F)c(F)c3)C(=O)/C(=C/c3ccc(F)c(F)c3)C2)cc1OCCN(C)C. The Morgan fingerprint density at radius 1 is 0.711 bits per heavy atom. The van der Waals surface area contributed by atoms with Gasteiger partial charge in [0.2, 0.25) is 0 Å². The van der Waals surface area contributed by atoms with Crippen LogP contribution in [0.25, 0.3) is 12.2 Å². The lowest BCUT2D eigenvalue weighted by Gasteiger charge is -2.30. The number of piperidine rings is 1. The van der Waals surface area contributed by atoms with Crippen LogP contribution in [-0.2, 0) is 4.79 Å². The standard InChI is InChI=1S/C34H35F4N3O4/c1-39(2)11-13-44-31-10-7-24(19-32(31)45-14-12-40(3)4)34(43)41-20-25(15-22-5-8-27(35)29(37)17-22)33(42)26(21-41)16-23-6-9-28(36)30(38)18-23/h5-10,15-19H,11-14,20-21H2,1-4H3/b25-15+,26-16+. The molecular weight excluding hydrogens is 590 g/mol. The number of Topliss-reactive ketones (excluding diaryl/α,β-unsaturated/α-hetero) is 1. The molecule has 0 saturated carbocycles. The van der Waals surface area contributed by atoms with Crippen LogP contribution in [0.4, 0.5) is 17.6 Å². The van der Waals surface area contributed by atoms with Gasteiger partial charge in [-0.2, -0.15) is 0 Å². The van der Waals surface area contributed by atoms with Crippen LogP contribution in [0.1, 0.15) is 21.5 Å². The highest BCUT2D eigenvalue weighted by Gasteiger charge is 2.30. The van der Waals surface area contributed by atoms with E-state index in [9.17, 15) is 27.2 Å². The van der Waals surface area contributed by atoms with Crippen LogP contribution in [0.3, 0.4) is 0 Å². The third-order valence-corrected chi connectivity index (χ3v) is 6.94. The highest BCUT2D eigenvalue weighted by molar-refractivity contribution is 6.16. The molecular formula is C34H35F4N3O4. The van der Waals surface area contributed by atoms with E-state index in [0.29, 0.717) is 37.8 Å². The van der Waals surface area contributed by atoms with Crippen LogP contribution in [-0.4, -0.2) is 94.0 Å². The average Bonchev–Trinajstić information content (AvgIpc) is 2.98. The third kappa shape index (κ3) is 9.02. The fraction of sp³-hybridized carbons (Fsp3) is 0.294. The maximum atomic E-state index is 14.0. The number of rotatable bonds is 11. The van der Waals surface area contributed by atoms with Crippen molar-refractivity contribution in [1.82, 2.24) is 14.7 Å². The first-order valence-corrected chi connectivity index (χ1v) is 14.3. The lowest BCUT2D eigenvalue weighted by Crippen LogP contribution is -2.41. The normalized spacial score (nSPS) is 15.4. The van der Waals surface area contributed by atoms with Crippen molar-refractivity contribution in [2.24, 2.45) is 0 Å². The summed E-state index contributed by atoms with van der Waals surface area (Å²) in [6, 6.07) is 11.2. The molecule has 3 aromatic rings. The van der Waals surface area contributed by atoms with Gasteiger partial charge >= 0.3 is 0 Å². The largest absolute Gasteiger partial charge is 0.488 e. The Morgan fingerprint density at radius 3 is 1.67 bits per heavy atom. The molecule has 1 aliphatic heterocycles. The van der Waals surface area contributed by atoms with Gasteiger partial charge in [0, 0.05) is 29.8 Å². The second-order valence-corrected chi connectivity index (χ2v) is 11.1. The number of carbonyl (C=O) groups is 2. The summed E-state index contributed by atoms with van der Waals surface area (Å²) in [6.45, 7) is 1.76. The second kappa shape index (κ2) is 15.0. The molecule has 0 atom stereocenters. The molecule has 11 heteroatoms. The summed E-state index contributed by atoms with van der Waals surface area (Å²) in [5.41, 5.74) is 0.952. The van der Waals surface area contributed by atoms with E-state index in [1.807, 2.05) is 38.0 Å². The molecule has 45 heavy (non-hydrogen) atoms. The highest BCUT2D eigenvalue weighted by atomic mass is 19.2. The number of ketones is 1. The predicted octanol–water partition coefficient (Wildman–Crippen LogP) is 5.32. The van der Waals surface area contributed by atoms with E-state index < -0.39 is 35.0 Å². The molecule has 1 heterocycles. The Kier molecular flexibility index (Phi) is 11.1. The van der Waals surface area contributed by atoms with Gasteiger partial charge in [-0.3, -0.25) is 9.59 Å². The van der Waals surface area contributed by atoms with Crippen LogP contribution >= 0.6 is 0 Å². The minimum Gasteiger partial charge on any atom is -0.488 e. The first-order valence-electron chi connectivity index (χ1n) is 14.3. The predicted molar refractivity (Wildman–Crippen MR) is 164 cm³/mol. The Hall–Kier alpha value is -4.48.